The molecule has 1 heterocycles. The van der Waals surface area contributed by atoms with Crippen LogP contribution in [-0.4, -0.2) is 9.97 Å². The molecular weight excluding hydrogens is 262 g/mol. The van der Waals surface area contributed by atoms with Crippen LogP contribution in [0.4, 0.5) is 0 Å². The predicted octanol–water partition coefficient (Wildman–Crippen LogP) is 0.438. The summed E-state index contributed by atoms with van der Waals surface area (Å²) < 4.78 is 0.804. The Kier molecular flexibility index (Phi) is 2.45. The fraction of sp³-hybridized carbons (Fsp3) is 0.111. The topological polar surface area (TPSA) is 91.7 Å². The highest BCUT2D eigenvalue weighted by atomic mass is 79.9. The minimum absolute atomic E-state index is 0.290. The molecule has 1 aromatic heterocycles. The Labute approximate surface area is 92.4 Å². The number of H-pyrrole nitrogens is 2. The second-order valence-corrected chi connectivity index (χ2v) is 4.02. The highest BCUT2D eigenvalue weighted by molar-refractivity contribution is 9.10. The molecule has 0 spiro atoms. The molecule has 1 aromatic carbocycles. The third-order valence-corrected chi connectivity index (χ3v) is 2.56. The first-order valence-corrected chi connectivity index (χ1v) is 5.06. The van der Waals surface area contributed by atoms with Crippen LogP contribution in [0.1, 0.15) is 5.56 Å². The Hall–Kier alpha value is -1.40. The molecular formula is C9H8BrN3O2. The number of aromatic amines is 2. The Bertz CT molecular complexity index is 629. The number of nitrogens with two attached hydrogens (primary N) is 1. The third-order valence-electron chi connectivity index (χ3n) is 2.10. The number of aromatic nitrogens is 2. The summed E-state index contributed by atoms with van der Waals surface area (Å²) in [5.41, 5.74) is 6.12. The molecule has 0 unspecified atom stereocenters. The van der Waals surface area contributed by atoms with E-state index in [1.54, 1.807) is 12.1 Å². The first kappa shape index (κ1) is 10.1. The lowest BCUT2D eigenvalue weighted by molar-refractivity contribution is 1.05. The van der Waals surface area contributed by atoms with Crippen LogP contribution >= 0.6 is 15.9 Å². The molecule has 5 nitrogen and oxygen atoms in total. The lowest BCUT2D eigenvalue weighted by Crippen LogP contribution is -2.29. The van der Waals surface area contributed by atoms with Crippen molar-refractivity contribution < 1.29 is 0 Å². The normalized spacial score (nSPS) is 10.8. The van der Waals surface area contributed by atoms with Crippen molar-refractivity contribution in [2.45, 2.75) is 6.54 Å². The highest BCUT2D eigenvalue weighted by Gasteiger charge is 2.05. The quantitative estimate of drug-likeness (QED) is 0.656. The molecule has 4 N–H and O–H groups in total. The number of rotatable bonds is 1. The molecule has 0 saturated heterocycles. The maximum Gasteiger partial charge on any atom is 0.314 e. The maximum atomic E-state index is 11.1. The summed E-state index contributed by atoms with van der Waals surface area (Å²) in [5, 5.41) is 0. The van der Waals surface area contributed by atoms with E-state index in [1.165, 1.54) is 0 Å². The molecule has 0 aliphatic carbocycles. The molecule has 0 bridgehead atoms. The van der Waals surface area contributed by atoms with Crippen LogP contribution < -0.4 is 16.9 Å². The number of hydrogen-bond donors (Lipinski definition) is 3. The van der Waals surface area contributed by atoms with Crippen LogP contribution in [0.3, 0.4) is 0 Å². The lowest BCUT2D eigenvalue weighted by atomic mass is 10.2. The smallest absolute Gasteiger partial charge is 0.314 e. The van der Waals surface area contributed by atoms with Crippen LogP contribution in [0.25, 0.3) is 11.0 Å². The van der Waals surface area contributed by atoms with E-state index in [-0.39, 0.29) is 6.54 Å². The van der Waals surface area contributed by atoms with Gasteiger partial charge in [-0.05, 0) is 17.7 Å². The van der Waals surface area contributed by atoms with Crippen molar-refractivity contribution in [3.63, 3.8) is 0 Å². The van der Waals surface area contributed by atoms with Crippen molar-refractivity contribution in [3.8, 4) is 0 Å². The van der Waals surface area contributed by atoms with Gasteiger partial charge in [0, 0.05) is 11.0 Å². The van der Waals surface area contributed by atoms with Gasteiger partial charge >= 0.3 is 11.1 Å². The Balaban J connectivity index is 2.97. The number of fused-ring (bicyclic) bond motifs is 1. The van der Waals surface area contributed by atoms with Crippen LogP contribution in [0, 0.1) is 0 Å². The molecule has 0 atom stereocenters. The molecule has 0 amide bonds. The summed E-state index contributed by atoms with van der Waals surface area (Å²) in [6.07, 6.45) is 0. The highest BCUT2D eigenvalue weighted by Crippen LogP contribution is 2.19. The van der Waals surface area contributed by atoms with Gasteiger partial charge in [-0.2, -0.15) is 0 Å². The molecule has 6 heteroatoms. The van der Waals surface area contributed by atoms with Crippen LogP contribution in [-0.2, 0) is 6.54 Å². The summed E-state index contributed by atoms with van der Waals surface area (Å²) in [6, 6.07) is 3.52. The first-order valence-electron chi connectivity index (χ1n) is 4.26. The van der Waals surface area contributed by atoms with Gasteiger partial charge in [-0.1, -0.05) is 15.9 Å². The van der Waals surface area contributed by atoms with Gasteiger partial charge in [0.1, 0.15) is 0 Å². The number of hydrogen-bond acceptors (Lipinski definition) is 3. The Morgan fingerprint density at radius 1 is 1.20 bits per heavy atom. The maximum absolute atomic E-state index is 11.1. The summed E-state index contributed by atoms with van der Waals surface area (Å²) in [4.78, 5) is 27.2. The van der Waals surface area contributed by atoms with E-state index in [4.69, 9.17) is 5.73 Å². The van der Waals surface area contributed by atoms with Crippen molar-refractivity contribution in [3.05, 3.63) is 42.9 Å². The van der Waals surface area contributed by atoms with Crippen LogP contribution in [0.2, 0.25) is 0 Å². The van der Waals surface area contributed by atoms with Crippen molar-refractivity contribution in [2.24, 2.45) is 5.73 Å². The minimum Gasteiger partial charge on any atom is -0.326 e. The van der Waals surface area contributed by atoms with Gasteiger partial charge in [-0.3, -0.25) is 9.59 Å². The predicted molar refractivity (Wildman–Crippen MR) is 60.8 cm³/mol. The van der Waals surface area contributed by atoms with E-state index in [0.717, 1.165) is 10.0 Å². The van der Waals surface area contributed by atoms with Crippen molar-refractivity contribution >= 4 is 27.0 Å². The van der Waals surface area contributed by atoms with E-state index in [0.29, 0.717) is 11.0 Å². The van der Waals surface area contributed by atoms with Crippen molar-refractivity contribution in [2.75, 3.05) is 0 Å². The van der Waals surface area contributed by atoms with Crippen molar-refractivity contribution in [1.82, 2.24) is 9.97 Å². The van der Waals surface area contributed by atoms with E-state index >= 15 is 0 Å². The van der Waals surface area contributed by atoms with E-state index in [1.807, 2.05) is 0 Å². The zero-order valence-corrected chi connectivity index (χ0v) is 9.22. The summed E-state index contributed by atoms with van der Waals surface area (Å²) >= 11 is 3.30. The summed E-state index contributed by atoms with van der Waals surface area (Å²) in [6.45, 7) is 0.290. The van der Waals surface area contributed by atoms with Gasteiger partial charge in [0.2, 0.25) is 0 Å². The Morgan fingerprint density at radius 3 is 2.53 bits per heavy atom. The molecule has 0 aliphatic heterocycles. The zero-order valence-electron chi connectivity index (χ0n) is 7.63. The standard InChI is InChI=1S/C9H8BrN3O2/c10-5-1-4(3-11)7-6(2-5)12-8(14)9(15)13-7/h1-2H,3,11H2,(H,12,14)(H,13,15). The molecule has 0 aliphatic rings. The van der Waals surface area contributed by atoms with E-state index in [9.17, 15) is 9.59 Å². The molecule has 2 rings (SSSR count). The van der Waals surface area contributed by atoms with Gasteiger partial charge in [-0.15, -0.1) is 0 Å². The number of halogens is 1. The summed E-state index contributed by atoms with van der Waals surface area (Å²) in [7, 11) is 0. The van der Waals surface area contributed by atoms with Gasteiger partial charge in [0.25, 0.3) is 0 Å². The molecule has 0 radical (unpaired) electrons. The number of benzene rings is 1. The fourth-order valence-corrected chi connectivity index (χ4v) is 1.93. The van der Waals surface area contributed by atoms with Gasteiger partial charge in [0.05, 0.1) is 11.0 Å². The van der Waals surface area contributed by atoms with Gasteiger partial charge < -0.3 is 15.7 Å². The number of nitrogens with one attached hydrogen (secondary N) is 2. The van der Waals surface area contributed by atoms with Crippen LogP contribution in [0.15, 0.2) is 26.2 Å². The van der Waals surface area contributed by atoms with Gasteiger partial charge in [0.15, 0.2) is 0 Å². The lowest BCUT2D eigenvalue weighted by Gasteiger charge is -2.04. The average molecular weight is 270 g/mol. The fourth-order valence-electron chi connectivity index (χ4n) is 1.42. The van der Waals surface area contributed by atoms with E-state index in [2.05, 4.69) is 25.9 Å². The van der Waals surface area contributed by atoms with Gasteiger partial charge in [-0.25, -0.2) is 0 Å². The zero-order chi connectivity index (χ0) is 11.0. The second-order valence-electron chi connectivity index (χ2n) is 3.10. The molecule has 0 fully saturated rings. The largest absolute Gasteiger partial charge is 0.326 e. The molecule has 2 aromatic rings. The first-order chi connectivity index (χ1) is 7.11. The monoisotopic (exact) mass is 269 g/mol. The summed E-state index contributed by atoms with van der Waals surface area (Å²) in [5.74, 6) is 0. The van der Waals surface area contributed by atoms with Crippen LogP contribution in [0.5, 0.6) is 0 Å². The Morgan fingerprint density at radius 2 is 1.87 bits per heavy atom. The van der Waals surface area contributed by atoms with E-state index < -0.39 is 11.1 Å². The SMILES string of the molecule is NCc1cc(Br)cc2[nH]c(=O)c(=O)[nH]c12. The molecule has 0 saturated carbocycles. The molecule has 15 heavy (non-hydrogen) atoms. The minimum atomic E-state index is -0.667. The second kappa shape index (κ2) is 3.63. The third kappa shape index (κ3) is 1.73. The average Bonchev–Trinajstić information content (AvgIpc) is 2.19. The molecule has 78 valence electrons. The van der Waals surface area contributed by atoms with Crippen molar-refractivity contribution in [1.29, 1.82) is 0 Å².